The Morgan fingerprint density at radius 2 is 0.706 bits per heavy atom. The summed E-state index contributed by atoms with van der Waals surface area (Å²) in [5.74, 6) is -5.68. The molecule has 0 aromatic heterocycles. The van der Waals surface area contributed by atoms with Crippen LogP contribution in [0, 0.1) is 0 Å². The van der Waals surface area contributed by atoms with Gasteiger partial charge in [-0.3, -0.25) is 58.1 Å². The van der Waals surface area contributed by atoms with Crippen molar-refractivity contribution >= 4 is 70.6 Å². The smallest absolute Gasteiger partial charge is 0.322 e. The van der Waals surface area contributed by atoms with Crippen LogP contribution in [-0.4, -0.2) is 148 Å². The molecule has 0 unspecified atom stereocenters. The van der Waals surface area contributed by atoms with Gasteiger partial charge in [-0.25, -0.2) is 0 Å². The van der Waals surface area contributed by atoms with Gasteiger partial charge in [-0.15, -0.1) is 0 Å². The van der Waals surface area contributed by atoms with Crippen LogP contribution < -0.4 is 74.6 Å². The Kier molecular flexibility index (Phi) is 26.8. The van der Waals surface area contributed by atoms with Crippen molar-refractivity contribution < 1.29 is 67.2 Å². The van der Waals surface area contributed by atoms with Gasteiger partial charge in [0, 0.05) is 45.3 Å². The summed E-state index contributed by atoms with van der Waals surface area (Å²) in [6, 6.07) is 14.6. The number of ether oxygens (including phenoxy) is 4. The topological polar surface area (TPSA) is 452 Å². The predicted molar refractivity (Wildman–Crippen MR) is 316 cm³/mol. The SMILES string of the molecule is COc1ccc(CC(=O)[C@@H](CCCN=C(N)N)NC(=O)c2cc(CC(=O)[C@@H](CCCN=C(N)N)NC(=O)c3cc(CC(=O)[C@@H](CCCN=C(N)N)NC(=O)c4cc(CC(C)=O)ccc4OC)ccc3OC)ccc2OC)cc1C(=O)NCC(=O)O. The highest BCUT2D eigenvalue weighted by Crippen LogP contribution is 2.26. The third-order valence-electron chi connectivity index (χ3n) is 12.9. The minimum atomic E-state index is -1.27. The summed E-state index contributed by atoms with van der Waals surface area (Å²) < 4.78 is 21.8. The molecule has 0 fully saturated rings. The zero-order valence-corrected chi connectivity index (χ0v) is 48.1. The zero-order valence-electron chi connectivity index (χ0n) is 48.1. The number of aliphatic carboxylic acids is 1. The van der Waals surface area contributed by atoms with Gasteiger partial charge in [0.2, 0.25) is 0 Å². The standard InChI is InChI=1S/C58H75N13O14/c1-32(72)23-33-12-16-48(83-3)38(24-33)53(79)69-42(10-7-21-66-57(61)62)45(74)29-35-14-18-50(85-5)40(26-35)55(81)71-43(11-8-22-67-58(63)64)46(75)30-36-15-19-49(84-4)39(27-36)54(80)70-41(9-6-20-65-56(59)60)44(73)28-34-13-17-47(82-2)37(25-34)52(78)68-31-51(76)77/h12-19,24-27,41-43H,6-11,20-23,28-31H2,1-5H3,(H,68,78)(H,69,79)(H,70,80)(H,71,81)(H,76,77)(H4,59,60,65)(H4,61,62,66)(H4,63,64,67)/t41-,42-,43-/m1/s1. The molecule has 4 aromatic carbocycles. The number of benzene rings is 4. The number of ketones is 4. The fraction of sp³-hybridized carbons (Fsp3) is 0.379. The lowest BCUT2D eigenvalue weighted by Crippen LogP contribution is -2.42. The first-order chi connectivity index (χ1) is 40.5. The molecule has 0 spiro atoms. The van der Waals surface area contributed by atoms with Crippen molar-refractivity contribution in [3.8, 4) is 23.0 Å². The van der Waals surface area contributed by atoms with Crippen molar-refractivity contribution in [2.45, 2.75) is 89.3 Å². The van der Waals surface area contributed by atoms with Gasteiger partial charge in [-0.2, -0.15) is 0 Å². The van der Waals surface area contributed by atoms with Gasteiger partial charge in [0.25, 0.3) is 23.6 Å². The van der Waals surface area contributed by atoms with E-state index in [0.29, 0.717) is 28.7 Å². The second kappa shape index (κ2) is 33.7. The van der Waals surface area contributed by atoms with Crippen LogP contribution in [0.25, 0.3) is 0 Å². The van der Waals surface area contributed by atoms with Gasteiger partial charge >= 0.3 is 5.97 Å². The van der Waals surface area contributed by atoms with Crippen molar-refractivity contribution in [3.63, 3.8) is 0 Å². The number of carboxylic acids is 1. The van der Waals surface area contributed by atoms with Crippen LogP contribution in [0.4, 0.5) is 0 Å². The van der Waals surface area contributed by atoms with Crippen LogP contribution in [0.5, 0.6) is 23.0 Å². The maximum absolute atomic E-state index is 14.4. The number of methoxy groups -OCH3 is 4. The predicted octanol–water partition coefficient (Wildman–Crippen LogP) is 0.558. The summed E-state index contributed by atoms with van der Waals surface area (Å²) in [6.45, 7) is 1.12. The Morgan fingerprint density at radius 3 is 0.953 bits per heavy atom. The third kappa shape index (κ3) is 22.0. The van der Waals surface area contributed by atoms with Gasteiger partial charge in [0.1, 0.15) is 35.3 Å². The highest BCUT2D eigenvalue weighted by atomic mass is 16.5. The fourth-order valence-corrected chi connectivity index (χ4v) is 8.84. The van der Waals surface area contributed by atoms with E-state index in [2.05, 4.69) is 36.2 Å². The minimum absolute atomic E-state index is 0.0237. The average Bonchev–Trinajstić information content (AvgIpc) is 3.67. The lowest BCUT2D eigenvalue weighted by molar-refractivity contribution is -0.136. The summed E-state index contributed by atoms with van der Waals surface area (Å²) >= 11 is 0. The van der Waals surface area contributed by atoms with Crippen LogP contribution in [0.2, 0.25) is 0 Å². The number of carbonyl (C=O) groups excluding carboxylic acids is 8. The molecule has 85 heavy (non-hydrogen) atoms. The number of nitrogens with zero attached hydrogens (tertiary/aromatic N) is 3. The second-order valence-electron chi connectivity index (χ2n) is 19.4. The molecule has 27 heteroatoms. The van der Waals surface area contributed by atoms with Crippen LogP contribution in [0.1, 0.15) is 109 Å². The number of nitrogens with two attached hydrogens (primary N) is 6. The molecular weight excluding hydrogens is 1100 g/mol. The Balaban J connectivity index is 1.62. The number of carboxylic acid groups (broad SMARTS) is 1. The molecule has 0 aliphatic rings. The summed E-state index contributed by atoms with van der Waals surface area (Å²) in [5.41, 5.74) is 34.8. The molecule has 0 heterocycles. The number of aliphatic imine (C=N–C) groups is 3. The van der Waals surface area contributed by atoms with Crippen molar-refractivity contribution in [1.29, 1.82) is 0 Å². The number of carbonyl (C=O) groups is 9. The lowest BCUT2D eigenvalue weighted by Gasteiger charge is -2.21. The van der Waals surface area contributed by atoms with Gasteiger partial charge in [-0.05, 0) is 116 Å². The molecule has 0 saturated carbocycles. The maximum atomic E-state index is 14.4. The molecule has 4 amide bonds. The number of hydrogen-bond donors (Lipinski definition) is 11. The van der Waals surface area contributed by atoms with E-state index in [1.54, 1.807) is 30.3 Å². The van der Waals surface area contributed by atoms with Gasteiger partial charge < -0.3 is 79.7 Å². The summed E-state index contributed by atoms with van der Waals surface area (Å²) in [6.07, 6.45) is 0.165. The first kappa shape index (κ1) is 67.4. The molecule has 0 saturated heterocycles. The number of amides is 4. The van der Waals surface area contributed by atoms with Crippen LogP contribution in [0.15, 0.2) is 87.8 Å². The molecule has 3 atom stereocenters. The summed E-state index contributed by atoms with van der Waals surface area (Å²) in [4.78, 5) is 133. The number of guanidine groups is 3. The highest BCUT2D eigenvalue weighted by molar-refractivity contribution is 6.04. The molecular formula is C58H75N13O14. The van der Waals surface area contributed by atoms with Crippen LogP contribution in [0.3, 0.4) is 0 Å². The van der Waals surface area contributed by atoms with Crippen molar-refractivity contribution in [2.75, 3.05) is 54.6 Å². The first-order valence-corrected chi connectivity index (χ1v) is 26.8. The Hall–Kier alpha value is -10.1. The van der Waals surface area contributed by atoms with Crippen molar-refractivity contribution in [3.05, 3.63) is 117 Å². The normalized spacial score (nSPS) is 11.7. The molecule has 4 aromatic rings. The lowest BCUT2D eigenvalue weighted by atomic mass is 9.96. The Bertz CT molecular complexity index is 3170. The second-order valence-corrected chi connectivity index (χ2v) is 19.4. The Labute approximate surface area is 491 Å². The van der Waals surface area contributed by atoms with Crippen molar-refractivity contribution in [1.82, 2.24) is 21.3 Å². The monoisotopic (exact) mass is 1180 g/mol. The molecule has 0 bridgehead atoms. The van der Waals surface area contributed by atoms with Crippen molar-refractivity contribution in [2.24, 2.45) is 49.4 Å². The fourth-order valence-electron chi connectivity index (χ4n) is 8.84. The van der Waals surface area contributed by atoms with Crippen LogP contribution >= 0.6 is 0 Å². The van der Waals surface area contributed by atoms with E-state index in [9.17, 15) is 43.2 Å². The number of rotatable bonds is 36. The average molecular weight is 1180 g/mol. The van der Waals surface area contributed by atoms with Gasteiger partial charge in [0.05, 0.1) is 68.8 Å². The van der Waals surface area contributed by atoms with E-state index in [1.807, 2.05) is 0 Å². The van der Waals surface area contributed by atoms with Crippen LogP contribution in [-0.2, 0) is 49.7 Å². The number of Topliss-reactive ketones (excluding diaryl/α,β-unsaturated/α-hetero) is 4. The van der Waals surface area contributed by atoms with Gasteiger partial charge in [-0.1, -0.05) is 24.3 Å². The maximum Gasteiger partial charge on any atom is 0.322 e. The molecule has 4 rings (SSSR count). The molecule has 27 nitrogen and oxygen atoms in total. The molecule has 0 aliphatic carbocycles. The van der Waals surface area contributed by atoms with Gasteiger partial charge in [0.15, 0.2) is 35.2 Å². The third-order valence-corrected chi connectivity index (χ3v) is 12.9. The number of hydrogen-bond acceptors (Lipinski definition) is 16. The molecule has 456 valence electrons. The zero-order chi connectivity index (χ0) is 62.8. The largest absolute Gasteiger partial charge is 0.496 e. The summed E-state index contributed by atoms with van der Waals surface area (Å²) in [7, 11) is 5.37. The minimum Gasteiger partial charge on any atom is -0.496 e. The summed E-state index contributed by atoms with van der Waals surface area (Å²) in [5, 5.41) is 19.7. The molecule has 0 radical (unpaired) electrons. The van der Waals surface area contributed by atoms with E-state index >= 15 is 0 Å². The number of nitrogens with one attached hydrogen (secondary N) is 4. The quantitative estimate of drug-likeness (QED) is 0.0168. The van der Waals surface area contributed by atoms with E-state index < -0.39 is 71.6 Å². The highest BCUT2D eigenvalue weighted by Gasteiger charge is 2.29. The molecule has 17 N–H and O–H groups in total. The first-order valence-electron chi connectivity index (χ1n) is 26.8. The van der Waals surface area contributed by atoms with E-state index in [4.69, 9.17) is 58.5 Å². The molecule has 0 aliphatic heterocycles. The van der Waals surface area contributed by atoms with E-state index in [1.165, 1.54) is 77.8 Å². The van der Waals surface area contributed by atoms with E-state index in [-0.39, 0.29) is 146 Å². The Morgan fingerprint density at radius 1 is 0.435 bits per heavy atom. The van der Waals surface area contributed by atoms with E-state index in [0.717, 1.165) is 0 Å².